The number of carboxylic acids is 1. The lowest BCUT2D eigenvalue weighted by Crippen LogP contribution is -2.30. The lowest BCUT2D eigenvalue weighted by atomic mass is 10.1. The highest BCUT2D eigenvalue weighted by Gasteiger charge is 2.03. The molecule has 0 spiro atoms. The van der Waals surface area contributed by atoms with Gasteiger partial charge in [-0.25, -0.2) is 4.79 Å². The minimum absolute atomic E-state index is 0.0486. The number of hydrogen-bond donors (Lipinski definition) is 3. The zero-order chi connectivity index (χ0) is 13.5. The molecule has 96 valence electrons. The van der Waals surface area contributed by atoms with Crippen molar-refractivity contribution in [2.45, 2.75) is 13.3 Å². The highest BCUT2D eigenvalue weighted by Crippen LogP contribution is 2.09. The summed E-state index contributed by atoms with van der Waals surface area (Å²) in [6.07, 6.45) is -0.128. The van der Waals surface area contributed by atoms with Crippen molar-refractivity contribution in [2.24, 2.45) is 0 Å². The van der Waals surface area contributed by atoms with Crippen molar-refractivity contribution in [1.82, 2.24) is 5.32 Å². The van der Waals surface area contributed by atoms with Crippen LogP contribution in [0.1, 0.15) is 23.7 Å². The summed E-state index contributed by atoms with van der Waals surface area (Å²) in [7, 11) is 0. The Morgan fingerprint density at radius 3 is 2.28 bits per heavy atom. The van der Waals surface area contributed by atoms with Crippen LogP contribution < -0.4 is 10.6 Å². The third-order valence-corrected chi connectivity index (χ3v) is 2.17. The van der Waals surface area contributed by atoms with E-state index in [2.05, 4.69) is 10.6 Å². The van der Waals surface area contributed by atoms with Gasteiger partial charge in [-0.3, -0.25) is 9.59 Å². The molecule has 0 atom stereocenters. The van der Waals surface area contributed by atoms with Crippen LogP contribution in [0.25, 0.3) is 0 Å². The Morgan fingerprint density at radius 1 is 1.17 bits per heavy atom. The summed E-state index contributed by atoms with van der Waals surface area (Å²) in [5.41, 5.74) is 1.10. The second kappa shape index (κ2) is 6.39. The number of rotatable bonds is 5. The van der Waals surface area contributed by atoms with E-state index in [1.54, 1.807) is 24.3 Å². The van der Waals surface area contributed by atoms with Crippen LogP contribution in [0.5, 0.6) is 0 Å². The van der Waals surface area contributed by atoms with E-state index < -0.39 is 12.0 Å². The van der Waals surface area contributed by atoms with Gasteiger partial charge in [-0.05, 0) is 31.2 Å². The molecule has 0 heterocycles. The molecule has 6 nitrogen and oxygen atoms in total. The molecule has 0 radical (unpaired) electrons. The molecule has 0 aromatic heterocycles. The third kappa shape index (κ3) is 4.65. The first kappa shape index (κ1) is 13.7. The molecule has 3 N–H and O–H groups in total. The Labute approximate surface area is 104 Å². The number of Topliss-reactive ketones (excluding diaryl/α,β-unsaturated/α-hetero) is 1. The molecule has 18 heavy (non-hydrogen) atoms. The molecule has 1 aromatic rings. The fourth-order valence-electron chi connectivity index (χ4n) is 1.25. The Hall–Kier alpha value is -2.37. The third-order valence-electron chi connectivity index (χ3n) is 2.17. The number of urea groups is 1. The minimum atomic E-state index is -0.971. The number of hydrogen-bond acceptors (Lipinski definition) is 3. The van der Waals surface area contributed by atoms with Gasteiger partial charge in [0, 0.05) is 17.8 Å². The Bertz CT molecular complexity index is 454. The van der Waals surface area contributed by atoms with Crippen LogP contribution >= 0.6 is 0 Å². The zero-order valence-electron chi connectivity index (χ0n) is 9.90. The summed E-state index contributed by atoms with van der Waals surface area (Å²) in [5.74, 6) is -1.02. The molecule has 0 bridgehead atoms. The Balaban J connectivity index is 2.44. The number of anilines is 1. The number of aliphatic carboxylic acids is 1. The van der Waals surface area contributed by atoms with Crippen LogP contribution in [0.2, 0.25) is 0 Å². The van der Waals surface area contributed by atoms with Gasteiger partial charge in [-0.15, -0.1) is 0 Å². The van der Waals surface area contributed by atoms with Crippen LogP contribution in [0.15, 0.2) is 24.3 Å². The Morgan fingerprint density at radius 2 is 1.78 bits per heavy atom. The monoisotopic (exact) mass is 250 g/mol. The van der Waals surface area contributed by atoms with E-state index in [0.717, 1.165) is 0 Å². The summed E-state index contributed by atoms with van der Waals surface area (Å²) in [5, 5.41) is 13.3. The van der Waals surface area contributed by atoms with Crippen LogP contribution in [0.3, 0.4) is 0 Å². The van der Waals surface area contributed by atoms with Crippen LogP contribution in [-0.2, 0) is 4.79 Å². The first-order valence-corrected chi connectivity index (χ1v) is 5.36. The van der Waals surface area contributed by atoms with Crippen LogP contribution in [0.4, 0.5) is 10.5 Å². The molecule has 0 fully saturated rings. The van der Waals surface area contributed by atoms with E-state index in [-0.39, 0.29) is 18.7 Å². The number of ketones is 1. The van der Waals surface area contributed by atoms with Crippen molar-refractivity contribution in [2.75, 3.05) is 11.9 Å². The number of carboxylic acid groups (broad SMARTS) is 1. The van der Waals surface area contributed by atoms with Gasteiger partial charge >= 0.3 is 12.0 Å². The molecule has 0 unspecified atom stereocenters. The molecule has 0 saturated heterocycles. The van der Waals surface area contributed by atoms with E-state index in [1.165, 1.54) is 6.92 Å². The maximum atomic E-state index is 11.3. The van der Waals surface area contributed by atoms with Crippen LogP contribution in [0, 0.1) is 0 Å². The van der Waals surface area contributed by atoms with Crippen molar-refractivity contribution in [3.05, 3.63) is 29.8 Å². The maximum absolute atomic E-state index is 11.3. The van der Waals surface area contributed by atoms with E-state index in [1.807, 2.05) is 0 Å². The SMILES string of the molecule is CC(=O)c1ccc(NC(=O)NCCC(=O)O)cc1. The second-order valence-electron chi connectivity index (χ2n) is 3.66. The van der Waals surface area contributed by atoms with Gasteiger partial charge in [0.1, 0.15) is 0 Å². The predicted molar refractivity (Wildman–Crippen MR) is 65.7 cm³/mol. The van der Waals surface area contributed by atoms with Gasteiger partial charge in [0.05, 0.1) is 6.42 Å². The number of carbonyl (C=O) groups excluding carboxylic acids is 2. The van der Waals surface area contributed by atoms with E-state index in [9.17, 15) is 14.4 Å². The number of nitrogens with one attached hydrogen (secondary N) is 2. The number of benzene rings is 1. The van der Waals surface area contributed by atoms with E-state index >= 15 is 0 Å². The second-order valence-corrected chi connectivity index (χ2v) is 3.66. The normalized spacial score (nSPS) is 9.61. The average molecular weight is 250 g/mol. The standard InChI is InChI=1S/C12H14N2O4/c1-8(15)9-2-4-10(5-3-9)14-12(18)13-7-6-11(16)17/h2-5H,6-7H2,1H3,(H,16,17)(H2,13,14,18). The predicted octanol–water partition coefficient (Wildman–Crippen LogP) is 1.49. The van der Waals surface area contributed by atoms with E-state index in [4.69, 9.17) is 5.11 Å². The van der Waals surface area contributed by atoms with Crippen molar-refractivity contribution in [3.63, 3.8) is 0 Å². The maximum Gasteiger partial charge on any atom is 0.319 e. The van der Waals surface area contributed by atoms with Crippen molar-refractivity contribution < 1.29 is 19.5 Å². The molecule has 1 aromatic carbocycles. The zero-order valence-corrected chi connectivity index (χ0v) is 9.90. The van der Waals surface area contributed by atoms with Gasteiger partial charge in [-0.2, -0.15) is 0 Å². The molecule has 0 aliphatic rings. The van der Waals surface area contributed by atoms with Crippen LogP contribution in [-0.4, -0.2) is 29.4 Å². The Kier molecular flexibility index (Phi) is 4.86. The molecular weight excluding hydrogens is 236 g/mol. The fourth-order valence-corrected chi connectivity index (χ4v) is 1.25. The minimum Gasteiger partial charge on any atom is -0.481 e. The van der Waals surface area contributed by atoms with Crippen molar-refractivity contribution in [1.29, 1.82) is 0 Å². The number of amides is 2. The van der Waals surface area contributed by atoms with Gasteiger partial charge in [0.15, 0.2) is 5.78 Å². The first-order chi connectivity index (χ1) is 8.49. The molecule has 1 rings (SSSR count). The highest BCUT2D eigenvalue weighted by molar-refractivity contribution is 5.95. The summed E-state index contributed by atoms with van der Waals surface area (Å²) in [4.78, 5) is 32.6. The average Bonchev–Trinajstić information content (AvgIpc) is 2.29. The molecular formula is C12H14N2O4. The van der Waals surface area contributed by atoms with Crippen molar-refractivity contribution in [3.8, 4) is 0 Å². The first-order valence-electron chi connectivity index (χ1n) is 5.36. The lowest BCUT2D eigenvalue weighted by molar-refractivity contribution is -0.136. The summed E-state index contributed by atoms with van der Waals surface area (Å²) in [6, 6.07) is 5.94. The largest absolute Gasteiger partial charge is 0.481 e. The molecule has 0 saturated carbocycles. The quantitative estimate of drug-likeness (QED) is 0.690. The summed E-state index contributed by atoms with van der Waals surface area (Å²) in [6.45, 7) is 1.52. The molecule has 0 aliphatic carbocycles. The topological polar surface area (TPSA) is 95.5 Å². The lowest BCUT2D eigenvalue weighted by Gasteiger charge is -2.06. The summed E-state index contributed by atoms with van der Waals surface area (Å²) >= 11 is 0. The molecule has 6 heteroatoms. The van der Waals surface area contributed by atoms with Gasteiger partial charge in [0.25, 0.3) is 0 Å². The highest BCUT2D eigenvalue weighted by atomic mass is 16.4. The smallest absolute Gasteiger partial charge is 0.319 e. The molecule has 0 aliphatic heterocycles. The van der Waals surface area contributed by atoms with Crippen molar-refractivity contribution >= 4 is 23.5 Å². The fraction of sp³-hybridized carbons (Fsp3) is 0.250. The molecule has 2 amide bonds. The number of carbonyl (C=O) groups is 3. The van der Waals surface area contributed by atoms with Gasteiger partial charge in [0.2, 0.25) is 0 Å². The summed E-state index contributed by atoms with van der Waals surface area (Å²) < 4.78 is 0. The van der Waals surface area contributed by atoms with Gasteiger partial charge in [-0.1, -0.05) is 0 Å². The van der Waals surface area contributed by atoms with E-state index in [0.29, 0.717) is 11.3 Å². The van der Waals surface area contributed by atoms with Gasteiger partial charge < -0.3 is 15.7 Å².